The van der Waals surface area contributed by atoms with Gasteiger partial charge in [0.25, 0.3) is 0 Å². The lowest BCUT2D eigenvalue weighted by Crippen LogP contribution is -2.44. The number of nitrogens with zero attached hydrogens (tertiary/aromatic N) is 1. The number of fused-ring (bicyclic) bond motifs is 1. The monoisotopic (exact) mass is 290 g/mol. The summed E-state index contributed by atoms with van der Waals surface area (Å²) >= 11 is 6.15. The van der Waals surface area contributed by atoms with Gasteiger partial charge in [-0.15, -0.1) is 11.6 Å². The second-order valence-corrected chi connectivity index (χ2v) is 6.07. The molecule has 1 aromatic carbocycles. The smallest absolute Gasteiger partial charge is 0.318 e. The maximum absolute atomic E-state index is 12.3. The first-order valence-electron chi connectivity index (χ1n) is 7.15. The molecule has 2 aliphatic rings. The van der Waals surface area contributed by atoms with Gasteiger partial charge in [0.15, 0.2) is 0 Å². The number of benzene rings is 1. The lowest BCUT2D eigenvalue weighted by Gasteiger charge is -2.29. The first-order chi connectivity index (χ1) is 9.74. The maximum Gasteiger partial charge on any atom is 0.318 e. The Morgan fingerprint density at radius 1 is 1.30 bits per heavy atom. The van der Waals surface area contributed by atoms with Crippen LogP contribution in [0, 0.1) is 5.92 Å². The van der Waals surface area contributed by atoms with Gasteiger partial charge < -0.3 is 10.2 Å². The van der Waals surface area contributed by atoms with E-state index in [1.165, 1.54) is 0 Å². The minimum Gasteiger partial charge on any atom is -0.334 e. The van der Waals surface area contributed by atoms with E-state index in [1.807, 2.05) is 41.3 Å². The molecule has 1 aliphatic heterocycles. The van der Waals surface area contributed by atoms with Crippen LogP contribution in [-0.2, 0) is 6.54 Å². The lowest BCUT2D eigenvalue weighted by molar-refractivity contribution is 0.194. The number of amides is 2. The van der Waals surface area contributed by atoms with Crippen molar-refractivity contribution in [1.29, 1.82) is 0 Å². The fourth-order valence-electron chi connectivity index (χ4n) is 3.11. The number of hydrogen-bond acceptors (Lipinski definition) is 1. The van der Waals surface area contributed by atoms with Crippen LogP contribution in [-0.4, -0.2) is 28.9 Å². The number of allylic oxidation sites excluding steroid dienone is 1. The largest absolute Gasteiger partial charge is 0.334 e. The molecule has 0 aromatic heterocycles. The van der Waals surface area contributed by atoms with Crippen molar-refractivity contribution in [2.45, 2.75) is 30.8 Å². The molecule has 3 atom stereocenters. The molecule has 2 amide bonds. The number of halogens is 1. The van der Waals surface area contributed by atoms with Gasteiger partial charge in [0, 0.05) is 13.1 Å². The van der Waals surface area contributed by atoms with Crippen LogP contribution in [0.3, 0.4) is 0 Å². The molecule has 20 heavy (non-hydrogen) atoms. The number of nitrogens with one attached hydrogen (secondary N) is 1. The quantitative estimate of drug-likeness (QED) is 0.658. The molecule has 0 radical (unpaired) electrons. The summed E-state index contributed by atoms with van der Waals surface area (Å²) in [5.74, 6) is 0.518. The summed E-state index contributed by atoms with van der Waals surface area (Å²) in [6.45, 7) is 1.40. The normalized spacial score (nSPS) is 28.2. The molecule has 106 valence electrons. The van der Waals surface area contributed by atoms with Crippen LogP contribution in [0.2, 0.25) is 0 Å². The van der Waals surface area contributed by atoms with E-state index in [0.29, 0.717) is 12.5 Å². The van der Waals surface area contributed by atoms with Crippen LogP contribution in [0.25, 0.3) is 0 Å². The zero-order chi connectivity index (χ0) is 13.9. The standard InChI is InChI=1S/C16H19ClN2O/c17-14-6-7-15-13(10-14)8-9-19(15)16(20)18-11-12-4-2-1-3-5-12/h1-7,13-15H,8-11H2,(H,18,20). The molecule has 1 aliphatic carbocycles. The van der Waals surface area contributed by atoms with Crippen LogP contribution >= 0.6 is 11.6 Å². The number of hydrogen-bond donors (Lipinski definition) is 1. The fourth-order valence-corrected chi connectivity index (χ4v) is 3.42. The van der Waals surface area contributed by atoms with Gasteiger partial charge in [-0.25, -0.2) is 4.79 Å². The predicted molar refractivity (Wildman–Crippen MR) is 80.7 cm³/mol. The summed E-state index contributed by atoms with van der Waals surface area (Å²) in [7, 11) is 0. The lowest BCUT2D eigenvalue weighted by atomic mass is 9.90. The highest BCUT2D eigenvalue weighted by Gasteiger charge is 2.37. The third kappa shape index (κ3) is 2.83. The van der Waals surface area contributed by atoms with E-state index in [4.69, 9.17) is 11.6 Å². The zero-order valence-corrected chi connectivity index (χ0v) is 12.1. The Hall–Kier alpha value is -1.48. The number of likely N-dealkylation sites (tertiary alicyclic amines) is 1. The van der Waals surface area contributed by atoms with Crippen LogP contribution in [0.4, 0.5) is 4.79 Å². The minimum atomic E-state index is 0.0269. The topological polar surface area (TPSA) is 32.3 Å². The van der Waals surface area contributed by atoms with E-state index in [-0.39, 0.29) is 17.5 Å². The van der Waals surface area contributed by atoms with Crippen molar-refractivity contribution in [1.82, 2.24) is 10.2 Å². The number of carbonyl (C=O) groups excluding carboxylic acids is 1. The molecule has 3 nitrogen and oxygen atoms in total. The molecule has 0 spiro atoms. The van der Waals surface area contributed by atoms with Crippen molar-refractivity contribution in [3.05, 3.63) is 48.0 Å². The van der Waals surface area contributed by atoms with Crippen molar-refractivity contribution < 1.29 is 4.79 Å². The first-order valence-corrected chi connectivity index (χ1v) is 7.58. The summed E-state index contributed by atoms with van der Waals surface area (Å²) in [6, 6.07) is 10.2. The minimum absolute atomic E-state index is 0.0269. The molecular weight excluding hydrogens is 272 g/mol. The Morgan fingerprint density at radius 2 is 2.10 bits per heavy atom. The van der Waals surface area contributed by atoms with Crippen LogP contribution < -0.4 is 5.32 Å². The number of carbonyl (C=O) groups is 1. The van der Waals surface area contributed by atoms with Crippen molar-refractivity contribution in [3.63, 3.8) is 0 Å². The molecule has 3 unspecified atom stereocenters. The van der Waals surface area contributed by atoms with E-state index in [9.17, 15) is 4.79 Å². The zero-order valence-electron chi connectivity index (χ0n) is 11.3. The Balaban J connectivity index is 1.59. The Bertz CT molecular complexity index is 502. The molecule has 1 N–H and O–H groups in total. The predicted octanol–water partition coefficient (Wildman–Crippen LogP) is 3.15. The van der Waals surface area contributed by atoms with Gasteiger partial charge in [0.1, 0.15) is 0 Å². The summed E-state index contributed by atoms with van der Waals surface area (Å²) in [5.41, 5.74) is 1.12. The van der Waals surface area contributed by atoms with Gasteiger partial charge in [-0.2, -0.15) is 0 Å². The Kier molecular flexibility index (Phi) is 3.97. The molecule has 1 fully saturated rings. The first kappa shape index (κ1) is 13.5. The molecule has 1 heterocycles. The third-order valence-corrected chi connectivity index (χ3v) is 4.50. The molecule has 4 heteroatoms. The van der Waals surface area contributed by atoms with Crippen molar-refractivity contribution in [2.24, 2.45) is 5.92 Å². The van der Waals surface area contributed by atoms with Gasteiger partial charge in [-0.1, -0.05) is 42.5 Å². The Labute approximate surface area is 124 Å². The SMILES string of the molecule is O=C(NCc1ccccc1)N1CCC2CC(Cl)C=CC21. The van der Waals surface area contributed by atoms with E-state index < -0.39 is 0 Å². The second-order valence-electron chi connectivity index (χ2n) is 5.51. The number of rotatable bonds is 2. The second kappa shape index (κ2) is 5.88. The fraction of sp³-hybridized carbons (Fsp3) is 0.438. The van der Waals surface area contributed by atoms with Crippen molar-refractivity contribution in [3.8, 4) is 0 Å². The van der Waals surface area contributed by atoms with Gasteiger partial charge in [-0.05, 0) is 24.3 Å². The number of urea groups is 1. The summed E-state index contributed by atoms with van der Waals surface area (Å²) in [6.07, 6.45) is 6.15. The van der Waals surface area contributed by atoms with Crippen LogP contribution in [0.15, 0.2) is 42.5 Å². The summed E-state index contributed by atoms with van der Waals surface area (Å²) in [4.78, 5) is 14.2. The van der Waals surface area contributed by atoms with Gasteiger partial charge in [-0.3, -0.25) is 0 Å². The van der Waals surface area contributed by atoms with Gasteiger partial charge >= 0.3 is 6.03 Å². The number of alkyl halides is 1. The Morgan fingerprint density at radius 3 is 2.90 bits per heavy atom. The molecule has 0 bridgehead atoms. The highest BCUT2D eigenvalue weighted by molar-refractivity contribution is 6.21. The van der Waals surface area contributed by atoms with Crippen molar-refractivity contribution in [2.75, 3.05) is 6.54 Å². The summed E-state index contributed by atoms with van der Waals surface area (Å²) < 4.78 is 0. The van der Waals surface area contributed by atoms with Gasteiger partial charge in [0.05, 0.1) is 11.4 Å². The maximum atomic E-state index is 12.3. The molecule has 1 aromatic rings. The van der Waals surface area contributed by atoms with Crippen LogP contribution in [0.1, 0.15) is 18.4 Å². The van der Waals surface area contributed by atoms with Crippen LogP contribution in [0.5, 0.6) is 0 Å². The molecular formula is C16H19ClN2O. The highest BCUT2D eigenvalue weighted by Crippen LogP contribution is 2.34. The van der Waals surface area contributed by atoms with E-state index in [0.717, 1.165) is 24.9 Å². The average Bonchev–Trinajstić information content (AvgIpc) is 2.89. The highest BCUT2D eigenvalue weighted by atomic mass is 35.5. The average molecular weight is 291 g/mol. The van der Waals surface area contributed by atoms with E-state index in [1.54, 1.807) is 0 Å². The van der Waals surface area contributed by atoms with Gasteiger partial charge in [0.2, 0.25) is 0 Å². The third-order valence-electron chi connectivity index (χ3n) is 4.18. The molecule has 0 saturated carbocycles. The molecule has 3 rings (SSSR count). The molecule has 1 saturated heterocycles. The van der Waals surface area contributed by atoms with E-state index in [2.05, 4.69) is 11.4 Å². The van der Waals surface area contributed by atoms with E-state index >= 15 is 0 Å². The summed E-state index contributed by atoms with van der Waals surface area (Å²) in [5, 5.41) is 3.13. The van der Waals surface area contributed by atoms with Crippen molar-refractivity contribution >= 4 is 17.6 Å².